The zero-order valence-corrected chi connectivity index (χ0v) is 16.6. The van der Waals surface area contributed by atoms with E-state index in [1.807, 2.05) is 59.2 Å². The Bertz CT molecular complexity index is 931. The Morgan fingerprint density at radius 2 is 1.89 bits per heavy atom. The van der Waals surface area contributed by atoms with Gasteiger partial charge in [0.25, 0.3) is 0 Å². The Labute approximate surface area is 171 Å². The van der Waals surface area contributed by atoms with Crippen molar-refractivity contribution in [2.45, 2.75) is 5.16 Å². The van der Waals surface area contributed by atoms with Crippen molar-refractivity contribution in [1.29, 1.82) is 0 Å². The lowest BCUT2D eigenvalue weighted by atomic mass is 10.3. The minimum Gasteiger partial charge on any atom is -0.497 e. The number of methoxy groups -OCH3 is 1. The van der Waals surface area contributed by atoms with E-state index in [2.05, 4.69) is 26.4 Å². The number of benzene rings is 2. The number of hydrogen-bond acceptors (Lipinski definition) is 6. The summed E-state index contributed by atoms with van der Waals surface area (Å²) in [6.07, 6.45) is 1.61. The number of amides is 1. The smallest absolute Gasteiger partial charge is 0.248 e. The molecule has 0 radical (unpaired) electrons. The average molecular weight is 415 g/mol. The molecule has 0 saturated heterocycles. The third-order valence-corrected chi connectivity index (χ3v) is 4.69. The van der Waals surface area contributed by atoms with E-state index in [1.165, 1.54) is 11.8 Å². The summed E-state index contributed by atoms with van der Waals surface area (Å²) in [5.41, 5.74) is 6.93. The highest BCUT2D eigenvalue weighted by Gasteiger charge is 2.10. The standard InChI is InChI=1S/C18H18N6O2S2/c1-26-15-9-7-13(8-10-15)20-17(27)22-21-16(25)11-28-18-23-19-12-24(18)14-5-3-2-4-6-14/h2-10,12H,11H2,1H3,(H,21,25)(H2,20,22,27). The molecule has 28 heavy (non-hydrogen) atoms. The molecule has 1 aromatic heterocycles. The molecule has 0 spiro atoms. The average Bonchev–Trinajstić information content (AvgIpc) is 3.20. The Hall–Kier alpha value is -3.11. The van der Waals surface area contributed by atoms with Crippen LogP contribution in [-0.4, -0.2) is 38.6 Å². The van der Waals surface area contributed by atoms with Gasteiger partial charge in [0, 0.05) is 11.4 Å². The van der Waals surface area contributed by atoms with Crippen LogP contribution in [0.3, 0.4) is 0 Å². The zero-order valence-electron chi connectivity index (χ0n) is 15.0. The van der Waals surface area contributed by atoms with Gasteiger partial charge < -0.3 is 10.1 Å². The van der Waals surface area contributed by atoms with E-state index < -0.39 is 0 Å². The largest absolute Gasteiger partial charge is 0.497 e. The molecule has 0 aliphatic rings. The van der Waals surface area contributed by atoms with E-state index in [9.17, 15) is 4.79 Å². The van der Waals surface area contributed by atoms with Gasteiger partial charge in [0.15, 0.2) is 10.3 Å². The molecule has 8 nitrogen and oxygen atoms in total. The highest BCUT2D eigenvalue weighted by atomic mass is 32.2. The van der Waals surface area contributed by atoms with Crippen molar-refractivity contribution in [2.24, 2.45) is 0 Å². The normalized spacial score (nSPS) is 10.2. The number of nitrogens with zero attached hydrogens (tertiary/aromatic N) is 3. The second-order valence-corrected chi connectivity index (χ2v) is 6.81. The second-order valence-electron chi connectivity index (χ2n) is 5.46. The molecule has 1 heterocycles. The fourth-order valence-corrected chi connectivity index (χ4v) is 3.12. The van der Waals surface area contributed by atoms with Crippen molar-refractivity contribution in [2.75, 3.05) is 18.2 Å². The van der Waals surface area contributed by atoms with Crippen molar-refractivity contribution < 1.29 is 9.53 Å². The summed E-state index contributed by atoms with van der Waals surface area (Å²) in [5, 5.41) is 11.8. The molecule has 0 aliphatic carbocycles. The maximum absolute atomic E-state index is 12.1. The first-order chi connectivity index (χ1) is 13.7. The van der Waals surface area contributed by atoms with Gasteiger partial charge in [-0.2, -0.15) is 0 Å². The summed E-state index contributed by atoms with van der Waals surface area (Å²) in [4.78, 5) is 12.1. The van der Waals surface area contributed by atoms with Crippen LogP contribution in [0.15, 0.2) is 66.1 Å². The number of ether oxygens (including phenoxy) is 1. The Morgan fingerprint density at radius 3 is 2.61 bits per heavy atom. The van der Waals surface area contributed by atoms with Crippen LogP contribution in [0.2, 0.25) is 0 Å². The number of hydrogen-bond donors (Lipinski definition) is 3. The topological polar surface area (TPSA) is 93.1 Å². The summed E-state index contributed by atoms with van der Waals surface area (Å²) in [5.74, 6) is 0.661. The maximum Gasteiger partial charge on any atom is 0.248 e. The number of rotatable bonds is 6. The van der Waals surface area contributed by atoms with Gasteiger partial charge in [0.05, 0.1) is 12.9 Å². The van der Waals surface area contributed by atoms with Crippen LogP contribution in [0.5, 0.6) is 5.75 Å². The number of carbonyl (C=O) groups excluding carboxylic acids is 1. The first-order valence-corrected chi connectivity index (χ1v) is 9.63. The van der Waals surface area contributed by atoms with Crippen molar-refractivity contribution in [3.05, 3.63) is 60.9 Å². The number of anilines is 1. The number of thiocarbonyl (C=S) groups is 1. The van der Waals surface area contributed by atoms with Gasteiger partial charge >= 0.3 is 0 Å². The molecule has 2 aromatic carbocycles. The van der Waals surface area contributed by atoms with E-state index in [-0.39, 0.29) is 16.8 Å². The summed E-state index contributed by atoms with van der Waals surface area (Å²) >= 11 is 6.44. The van der Waals surface area contributed by atoms with Gasteiger partial charge in [-0.1, -0.05) is 30.0 Å². The lowest BCUT2D eigenvalue weighted by Crippen LogP contribution is -2.44. The first-order valence-electron chi connectivity index (χ1n) is 8.24. The molecule has 3 aromatic rings. The summed E-state index contributed by atoms with van der Waals surface area (Å²) in [6, 6.07) is 16.9. The van der Waals surface area contributed by atoms with Crippen LogP contribution in [0, 0.1) is 0 Å². The molecule has 144 valence electrons. The number of hydrazine groups is 1. The number of nitrogens with one attached hydrogen (secondary N) is 3. The highest BCUT2D eigenvalue weighted by Crippen LogP contribution is 2.19. The monoisotopic (exact) mass is 414 g/mol. The van der Waals surface area contributed by atoms with E-state index in [0.29, 0.717) is 5.16 Å². The Kier molecular flexibility index (Phi) is 6.82. The van der Waals surface area contributed by atoms with Crippen LogP contribution >= 0.6 is 24.0 Å². The predicted octanol–water partition coefficient (Wildman–Crippen LogP) is 2.39. The lowest BCUT2D eigenvalue weighted by Gasteiger charge is -2.12. The Balaban J connectivity index is 1.45. The van der Waals surface area contributed by atoms with Crippen molar-refractivity contribution >= 4 is 40.7 Å². The van der Waals surface area contributed by atoms with Crippen molar-refractivity contribution in [3.63, 3.8) is 0 Å². The van der Waals surface area contributed by atoms with Gasteiger partial charge in [-0.15, -0.1) is 10.2 Å². The number of thioether (sulfide) groups is 1. The minimum absolute atomic E-state index is 0.156. The molecule has 0 bridgehead atoms. The highest BCUT2D eigenvalue weighted by molar-refractivity contribution is 7.99. The van der Waals surface area contributed by atoms with E-state index in [0.717, 1.165) is 17.1 Å². The number of aromatic nitrogens is 3. The summed E-state index contributed by atoms with van der Waals surface area (Å²) < 4.78 is 6.92. The zero-order chi connectivity index (χ0) is 19.8. The van der Waals surface area contributed by atoms with E-state index in [1.54, 1.807) is 13.4 Å². The predicted molar refractivity (Wildman–Crippen MR) is 113 cm³/mol. The Morgan fingerprint density at radius 1 is 1.14 bits per heavy atom. The lowest BCUT2D eigenvalue weighted by molar-refractivity contribution is -0.119. The van der Waals surface area contributed by atoms with Gasteiger partial charge in [-0.3, -0.25) is 20.2 Å². The first kappa shape index (κ1) is 19.6. The van der Waals surface area contributed by atoms with Crippen molar-refractivity contribution in [1.82, 2.24) is 25.6 Å². The van der Waals surface area contributed by atoms with E-state index in [4.69, 9.17) is 17.0 Å². The third kappa shape index (κ3) is 5.44. The molecule has 0 aliphatic heterocycles. The van der Waals surface area contributed by atoms with Crippen molar-refractivity contribution in [3.8, 4) is 11.4 Å². The van der Waals surface area contributed by atoms with Crippen LogP contribution in [-0.2, 0) is 4.79 Å². The quantitative estimate of drug-likeness (QED) is 0.322. The third-order valence-electron chi connectivity index (χ3n) is 3.55. The van der Waals surface area contributed by atoms with E-state index >= 15 is 0 Å². The fraction of sp³-hybridized carbons (Fsp3) is 0.111. The minimum atomic E-state index is -0.244. The number of para-hydroxylation sites is 1. The molecule has 3 N–H and O–H groups in total. The fourth-order valence-electron chi connectivity index (χ4n) is 2.22. The second kappa shape index (κ2) is 9.72. The van der Waals surface area contributed by atoms with Crippen LogP contribution in [0.4, 0.5) is 5.69 Å². The molecular formula is C18H18N6O2S2. The molecule has 0 fully saturated rings. The van der Waals surface area contributed by atoms with Crippen LogP contribution in [0.1, 0.15) is 0 Å². The maximum atomic E-state index is 12.1. The van der Waals surface area contributed by atoms with Gasteiger partial charge in [-0.25, -0.2) is 0 Å². The summed E-state index contributed by atoms with van der Waals surface area (Å²) in [7, 11) is 1.60. The SMILES string of the molecule is COc1ccc(NC(=S)NNC(=O)CSc2nncn2-c2ccccc2)cc1. The molecule has 0 unspecified atom stereocenters. The van der Waals surface area contributed by atoms with Gasteiger partial charge in [0.2, 0.25) is 5.91 Å². The molecule has 3 rings (SSSR count). The van der Waals surface area contributed by atoms with Gasteiger partial charge in [0.1, 0.15) is 12.1 Å². The van der Waals surface area contributed by atoms with Crippen LogP contribution in [0.25, 0.3) is 5.69 Å². The molecule has 10 heteroatoms. The molecular weight excluding hydrogens is 396 g/mol. The number of carbonyl (C=O) groups is 1. The van der Waals surface area contributed by atoms with Crippen LogP contribution < -0.4 is 20.9 Å². The molecule has 0 saturated carbocycles. The molecule has 0 atom stereocenters. The molecule has 1 amide bonds. The van der Waals surface area contributed by atoms with Gasteiger partial charge in [-0.05, 0) is 48.6 Å². The summed E-state index contributed by atoms with van der Waals surface area (Å²) in [6.45, 7) is 0.